The minimum absolute atomic E-state index is 0.455. The first-order valence-electron chi connectivity index (χ1n) is 6.19. The number of aromatic hydroxyl groups is 1. The molecule has 16 heavy (non-hydrogen) atoms. The van der Waals surface area contributed by atoms with Gasteiger partial charge in [-0.05, 0) is 55.0 Å². The largest absolute Gasteiger partial charge is 0.508 e. The third-order valence-electron chi connectivity index (χ3n) is 3.44. The first kappa shape index (κ1) is 11.5. The van der Waals surface area contributed by atoms with Crippen molar-refractivity contribution in [2.24, 2.45) is 5.92 Å². The van der Waals surface area contributed by atoms with E-state index in [0.29, 0.717) is 17.6 Å². The average molecular weight is 219 g/mol. The van der Waals surface area contributed by atoms with Gasteiger partial charge in [0.05, 0.1) is 0 Å². The summed E-state index contributed by atoms with van der Waals surface area (Å²) in [6.45, 7) is 6.58. The van der Waals surface area contributed by atoms with Crippen molar-refractivity contribution in [1.82, 2.24) is 5.32 Å². The Morgan fingerprint density at radius 3 is 2.88 bits per heavy atom. The maximum atomic E-state index is 9.86. The van der Waals surface area contributed by atoms with Crippen LogP contribution in [0.1, 0.15) is 37.3 Å². The Bertz CT molecular complexity index is 354. The summed E-state index contributed by atoms with van der Waals surface area (Å²) in [5.41, 5.74) is 2.43. The van der Waals surface area contributed by atoms with Gasteiger partial charge in [0.1, 0.15) is 5.75 Å². The third-order valence-corrected chi connectivity index (χ3v) is 3.44. The lowest BCUT2D eigenvalue weighted by atomic mass is 9.94. The van der Waals surface area contributed by atoms with Gasteiger partial charge in [-0.3, -0.25) is 0 Å². The van der Waals surface area contributed by atoms with Gasteiger partial charge in [0.2, 0.25) is 0 Å². The first-order valence-corrected chi connectivity index (χ1v) is 6.19. The molecule has 0 saturated carbocycles. The van der Waals surface area contributed by atoms with Crippen molar-refractivity contribution < 1.29 is 5.11 Å². The summed E-state index contributed by atoms with van der Waals surface area (Å²) in [6, 6.07) is 6.03. The molecular weight excluding hydrogens is 198 g/mol. The van der Waals surface area contributed by atoms with Crippen molar-refractivity contribution in [3.63, 3.8) is 0 Å². The van der Waals surface area contributed by atoms with Gasteiger partial charge in [-0.1, -0.05) is 26.0 Å². The Labute approximate surface area is 97.7 Å². The summed E-state index contributed by atoms with van der Waals surface area (Å²) < 4.78 is 0. The molecule has 1 saturated heterocycles. The van der Waals surface area contributed by atoms with Gasteiger partial charge in [-0.2, -0.15) is 0 Å². The van der Waals surface area contributed by atoms with Gasteiger partial charge in [-0.25, -0.2) is 0 Å². The normalized spacial score (nSPS) is 20.6. The van der Waals surface area contributed by atoms with Gasteiger partial charge >= 0.3 is 0 Å². The predicted octanol–water partition coefficient (Wildman–Crippen LogP) is 2.67. The van der Waals surface area contributed by atoms with Crippen LogP contribution < -0.4 is 5.32 Å². The van der Waals surface area contributed by atoms with E-state index in [1.807, 2.05) is 12.1 Å². The summed E-state index contributed by atoms with van der Waals surface area (Å²) >= 11 is 0. The van der Waals surface area contributed by atoms with Gasteiger partial charge in [0.15, 0.2) is 0 Å². The van der Waals surface area contributed by atoms with E-state index in [1.165, 1.54) is 12.0 Å². The SMILES string of the molecule is CC(C)c1ccc(O)c(CC2CCNC2)c1. The van der Waals surface area contributed by atoms with E-state index < -0.39 is 0 Å². The van der Waals surface area contributed by atoms with E-state index in [1.54, 1.807) is 0 Å². The van der Waals surface area contributed by atoms with Crippen molar-refractivity contribution in [3.05, 3.63) is 29.3 Å². The van der Waals surface area contributed by atoms with E-state index in [2.05, 4.69) is 25.2 Å². The lowest BCUT2D eigenvalue weighted by molar-refractivity contribution is 0.458. The number of rotatable bonds is 3. The minimum atomic E-state index is 0.455. The lowest BCUT2D eigenvalue weighted by Gasteiger charge is -2.13. The predicted molar refractivity (Wildman–Crippen MR) is 66.9 cm³/mol. The number of phenols is 1. The van der Waals surface area contributed by atoms with Crippen LogP contribution >= 0.6 is 0 Å². The number of hydrogen-bond donors (Lipinski definition) is 2. The Morgan fingerprint density at radius 1 is 1.44 bits per heavy atom. The molecule has 1 heterocycles. The molecule has 0 amide bonds. The standard InChI is InChI=1S/C14H21NO/c1-10(2)12-3-4-14(16)13(8-12)7-11-5-6-15-9-11/h3-4,8,10-11,15-16H,5-7,9H2,1-2H3. The molecule has 0 spiro atoms. The summed E-state index contributed by atoms with van der Waals surface area (Å²) in [5.74, 6) is 1.67. The molecule has 2 nitrogen and oxygen atoms in total. The van der Waals surface area contributed by atoms with Crippen molar-refractivity contribution in [2.45, 2.75) is 32.6 Å². The summed E-state index contributed by atoms with van der Waals surface area (Å²) in [5, 5.41) is 13.2. The molecule has 2 heteroatoms. The fourth-order valence-corrected chi connectivity index (χ4v) is 2.33. The van der Waals surface area contributed by atoms with Crippen molar-refractivity contribution >= 4 is 0 Å². The van der Waals surface area contributed by atoms with Crippen LogP contribution in [0, 0.1) is 5.92 Å². The van der Waals surface area contributed by atoms with Gasteiger partial charge in [0, 0.05) is 0 Å². The molecule has 1 fully saturated rings. The zero-order valence-corrected chi connectivity index (χ0v) is 10.2. The topological polar surface area (TPSA) is 32.3 Å². The number of benzene rings is 1. The molecule has 0 radical (unpaired) electrons. The molecular formula is C14H21NO. The second-order valence-electron chi connectivity index (χ2n) is 5.11. The molecule has 1 aromatic rings. The highest BCUT2D eigenvalue weighted by molar-refractivity contribution is 5.37. The van der Waals surface area contributed by atoms with Gasteiger partial charge in [0.25, 0.3) is 0 Å². The molecule has 2 rings (SSSR count). The van der Waals surface area contributed by atoms with Crippen LogP contribution in [-0.2, 0) is 6.42 Å². The van der Waals surface area contributed by atoms with Crippen LogP contribution in [0.2, 0.25) is 0 Å². The number of hydrogen-bond acceptors (Lipinski definition) is 2. The quantitative estimate of drug-likeness (QED) is 0.819. The monoisotopic (exact) mass is 219 g/mol. The lowest BCUT2D eigenvalue weighted by Crippen LogP contribution is -2.11. The fraction of sp³-hybridized carbons (Fsp3) is 0.571. The summed E-state index contributed by atoms with van der Waals surface area (Å²) in [7, 11) is 0. The second-order valence-corrected chi connectivity index (χ2v) is 5.11. The van der Waals surface area contributed by atoms with E-state index in [4.69, 9.17) is 0 Å². The maximum absolute atomic E-state index is 9.86. The third kappa shape index (κ3) is 2.56. The highest BCUT2D eigenvalue weighted by Crippen LogP contribution is 2.26. The maximum Gasteiger partial charge on any atom is 0.118 e. The molecule has 1 aliphatic rings. The van der Waals surface area contributed by atoms with Crippen LogP contribution in [0.4, 0.5) is 0 Å². The molecule has 0 bridgehead atoms. The molecule has 1 aromatic carbocycles. The zero-order chi connectivity index (χ0) is 11.5. The Kier molecular flexibility index (Phi) is 3.49. The van der Waals surface area contributed by atoms with E-state index in [9.17, 15) is 5.11 Å². The van der Waals surface area contributed by atoms with Crippen molar-refractivity contribution in [2.75, 3.05) is 13.1 Å². The molecule has 2 N–H and O–H groups in total. The van der Waals surface area contributed by atoms with Crippen LogP contribution in [-0.4, -0.2) is 18.2 Å². The zero-order valence-electron chi connectivity index (χ0n) is 10.2. The summed E-state index contributed by atoms with van der Waals surface area (Å²) in [4.78, 5) is 0. The molecule has 88 valence electrons. The Hall–Kier alpha value is -1.02. The fourth-order valence-electron chi connectivity index (χ4n) is 2.33. The average Bonchev–Trinajstić information content (AvgIpc) is 2.73. The molecule has 1 atom stereocenters. The van der Waals surface area contributed by atoms with Crippen LogP contribution in [0.5, 0.6) is 5.75 Å². The molecule has 0 aliphatic carbocycles. The van der Waals surface area contributed by atoms with Gasteiger partial charge < -0.3 is 10.4 Å². The van der Waals surface area contributed by atoms with E-state index in [0.717, 1.165) is 25.1 Å². The number of nitrogens with one attached hydrogen (secondary N) is 1. The highest BCUT2D eigenvalue weighted by atomic mass is 16.3. The Morgan fingerprint density at radius 2 is 2.25 bits per heavy atom. The van der Waals surface area contributed by atoms with Crippen LogP contribution in [0.15, 0.2) is 18.2 Å². The molecule has 0 aromatic heterocycles. The van der Waals surface area contributed by atoms with Crippen molar-refractivity contribution in [1.29, 1.82) is 0 Å². The molecule has 1 aliphatic heterocycles. The Balaban J connectivity index is 2.14. The smallest absolute Gasteiger partial charge is 0.118 e. The molecule has 1 unspecified atom stereocenters. The van der Waals surface area contributed by atoms with Gasteiger partial charge in [-0.15, -0.1) is 0 Å². The van der Waals surface area contributed by atoms with E-state index >= 15 is 0 Å². The highest BCUT2D eigenvalue weighted by Gasteiger charge is 2.17. The second kappa shape index (κ2) is 4.88. The van der Waals surface area contributed by atoms with Crippen LogP contribution in [0.3, 0.4) is 0 Å². The summed E-state index contributed by atoms with van der Waals surface area (Å²) in [6.07, 6.45) is 2.23. The minimum Gasteiger partial charge on any atom is -0.508 e. The number of phenolic OH excluding ortho intramolecular Hbond substituents is 1. The van der Waals surface area contributed by atoms with Crippen LogP contribution in [0.25, 0.3) is 0 Å². The first-order chi connectivity index (χ1) is 7.66. The van der Waals surface area contributed by atoms with E-state index in [-0.39, 0.29) is 0 Å². The van der Waals surface area contributed by atoms with Crippen molar-refractivity contribution in [3.8, 4) is 5.75 Å².